The molecular formula is C21H17N3O4S2. The third kappa shape index (κ3) is 4.42. The summed E-state index contributed by atoms with van der Waals surface area (Å²) in [5, 5.41) is 5.86. The number of anilines is 2. The minimum Gasteiger partial charge on any atom is -0.484 e. The first-order valence-corrected chi connectivity index (χ1v) is 11.3. The number of para-hydroxylation sites is 1. The molecule has 0 unspecified atom stereocenters. The van der Waals surface area contributed by atoms with Crippen molar-refractivity contribution in [3.63, 3.8) is 0 Å². The van der Waals surface area contributed by atoms with E-state index in [0.717, 1.165) is 0 Å². The summed E-state index contributed by atoms with van der Waals surface area (Å²) in [6, 6.07) is 19.0. The number of amides is 1. The number of carbonyl (C=O) groups excluding carboxylic acids is 1. The van der Waals surface area contributed by atoms with Crippen molar-refractivity contribution in [2.75, 3.05) is 16.6 Å². The van der Waals surface area contributed by atoms with E-state index in [4.69, 9.17) is 4.74 Å². The number of ether oxygens (including phenoxy) is 1. The Kier molecular flexibility index (Phi) is 5.64. The maximum Gasteiger partial charge on any atom is 0.264 e. The van der Waals surface area contributed by atoms with Crippen molar-refractivity contribution in [2.24, 2.45) is 0 Å². The van der Waals surface area contributed by atoms with Crippen molar-refractivity contribution in [2.45, 2.75) is 4.90 Å². The highest BCUT2D eigenvalue weighted by atomic mass is 32.2. The summed E-state index contributed by atoms with van der Waals surface area (Å²) in [6.45, 7) is -0.163. The average molecular weight is 440 g/mol. The van der Waals surface area contributed by atoms with Gasteiger partial charge in [-0.15, -0.1) is 11.3 Å². The third-order valence-electron chi connectivity index (χ3n) is 4.21. The summed E-state index contributed by atoms with van der Waals surface area (Å²) in [5.41, 5.74) is 0.500. The predicted molar refractivity (Wildman–Crippen MR) is 117 cm³/mol. The highest BCUT2D eigenvalue weighted by molar-refractivity contribution is 7.93. The van der Waals surface area contributed by atoms with Crippen LogP contribution < -0.4 is 14.8 Å². The molecule has 0 aliphatic carbocycles. The van der Waals surface area contributed by atoms with Crippen molar-refractivity contribution in [3.8, 4) is 5.75 Å². The van der Waals surface area contributed by atoms with Crippen LogP contribution in [0, 0.1) is 0 Å². The number of rotatable bonds is 7. The SMILES string of the molecule is O=C(COc1ccccc1)Nc1ccc(S(=O)(=O)Nc2nccs2)c2ccccc12. The molecule has 0 spiro atoms. The Hall–Kier alpha value is -3.43. The minimum absolute atomic E-state index is 0.104. The summed E-state index contributed by atoms with van der Waals surface area (Å²) in [7, 11) is -3.84. The molecule has 152 valence electrons. The van der Waals surface area contributed by atoms with E-state index in [1.165, 1.54) is 23.6 Å². The number of aromatic nitrogens is 1. The van der Waals surface area contributed by atoms with Crippen LogP contribution in [-0.4, -0.2) is 25.9 Å². The van der Waals surface area contributed by atoms with Crippen LogP contribution in [0.2, 0.25) is 0 Å². The van der Waals surface area contributed by atoms with Gasteiger partial charge in [0.2, 0.25) is 0 Å². The van der Waals surface area contributed by atoms with Crippen LogP contribution in [0.1, 0.15) is 0 Å². The molecule has 30 heavy (non-hydrogen) atoms. The number of carbonyl (C=O) groups is 1. The Morgan fingerprint density at radius 3 is 2.43 bits per heavy atom. The molecule has 0 radical (unpaired) electrons. The largest absolute Gasteiger partial charge is 0.484 e. The Bertz CT molecular complexity index is 1270. The van der Waals surface area contributed by atoms with Gasteiger partial charge in [0.05, 0.1) is 4.90 Å². The minimum atomic E-state index is -3.84. The number of thiazole rings is 1. The van der Waals surface area contributed by atoms with Crippen molar-refractivity contribution >= 4 is 48.9 Å². The summed E-state index contributed by atoms with van der Waals surface area (Å²) in [6.07, 6.45) is 1.52. The van der Waals surface area contributed by atoms with Gasteiger partial charge in [-0.1, -0.05) is 42.5 Å². The first kappa shape index (κ1) is 19.9. The molecular weight excluding hydrogens is 422 g/mol. The Morgan fingerprint density at radius 1 is 0.967 bits per heavy atom. The lowest BCUT2D eigenvalue weighted by Crippen LogP contribution is -2.20. The second kappa shape index (κ2) is 8.52. The van der Waals surface area contributed by atoms with E-state index < -0.39 is 10.0 Å². The molecule has 0 fully saturated rings. The number of hydrogen-bond donors (Lipinski definition) is 2. The molecule has 1 heterocycles. The van der Waals surface area contributed by atoms with Crippen molar-refractivity contribution in [3.05, 3.63) is 78.3 Å². The van der Waals surface area contributed by atoms with Crippen LogP contribution in [0.25, 0.3) is 10.8 Å². The molecule has 0 bridgehead atoms. The van der Waals surface area contributed by atoms with Gasteiger partial charge in [0.1, 0.15) is 5.75 Å². The first-order valence-electron chi connectivity index (χ1n) is 8.95. The van der Waals surface area contributed by atoms with E-state index in [1.807, 2.05) is 18.2 Å². The molecule has 2 N–H and O–H groups in total. The number of nitrogens with zero attached hydrogens (tertiary/aromatic N) is 1. The standard InChI is InChI=1S/C21H17N3O4S2/c25-20(14-28-15-6-2-1-3-7-15)23-18-10-11-19(17-9-5-4-8-16(17)18)30(26,27)24-21-22-12-13-29-21/h1-13H,14H2,(H,22,24)(H,23,25). The molecule has 4 aromatic rings. The zero-order chi connectivity index (χ0) is 21.0. The fourth-order valence-corrected chi connectivity index (χ4v) is 4.91. The van der Waals surface area contributed by atoms with Crippen LogP contribution in [0.15, 0.2) is 83.2 Å². The van der Waals surface area contributed by atoms with Gasteiger partial charge in [-0.25, -0.2) is 13.4 Å². The lowest BCUT2D eigenvalue weighted by molar-refractivity contribution is -0.118. The quantitative estimate of drug-likeness (QED) is 0.452. The van der Waals surface area contributed by atoms with Gasteiger partial charge >= 0.3 is 0 Å². The fraction of sp³-hybridized carbons (Fsp3) is 0.0476. The lowest BCUT2D eigenvalue weighted by Gasteiger charge is -2.13. The summed E-state index contributed by atoms with van der Waals surface area (Å²) in [5.74, 6) is 0.243. The molecule has 1 amide bonds. The van der Waals surface area contributed by atoms with Crippen LogP contribution in [-0.2, 0) is 14.8 Å². The van der Waals surface area contributed by atoms with Gasteiger partial charge < -0.3 is 10.1 Å². The number of sulfonamides is 1. The summed E-state index contributed by atoms with van der Waals surface area (Å²) >= 11 is 1.19. The topological polar surface area (TPSA) is 97.4 Å². The van der Waals surface area contributed by atoms with E-state index in [0.29, 0.717) is 22.2 Å². The highest BCUT2D eigenvalue weighted by Gasteiger charge is 2.20. The van der Waals surface area contributed by atoms with Crippen LogP contribution >= 0.6 is 11.3 Å². The second-order valence-electron chi connectivity index (χ2n) is 6.25. The van der Waals surface area contributed by atoms with Crippen LogP contribution in [0.4, 0.5) is 10.8 Å². The molecule has 3 aromatic carbocycles. The van der Waals surface area contributed by atoms with Crippen molar-refractivity contribution in [1.29, 1.82) is 0 Å². The number of nitrogens with one attached hydrogen (secondary N) is 2. The van der Waals surface area contributed by atoms with Gasteiger partial charge in [-0.05, 0) is 24.3 Å². The van der Waals surface area contributed by atoms with Crippen molar-refractivity contribution < 1.29 is 17.9 Å². The third-order valence-corrected chi connectivity index (χ3v) is 6.43. The fourth-order valence-electron chi connectivity index (χ4n) is 2.91. The lowest BCUT2D eigenvalue weighted by atomic mass is 10.1. The highest BCUT2D eigenvalue weighted by Crippen LogP contribution is 2.31. The molecule has 4 rings (SSSR count). The predicted octanol–water partition coefficient (Wildman–Crippen LogP) is 4.11. The van der Waals surface area contributed by atoms with E-state index >= 15 is 0 Å². The molecule has 0 saturated carbocycles. The molecule has 0 saturated heterocycles. The van der Waals surface area contributed by atoms with Crippen LogP contribution in [0.3, 0.4) is 0 Å². The molecule has 9 heteroatoms. The Morgan fingerprint density at radius 2 is 1.70 bits per heavy atom. The normalized spacial score (nSPS) is 11.2. The maximum absolute atomic E-state index is 12.9. The van der Waals surface area contributed by atoms with Gasteiger partial charge in [0.25, 0.3) is 15.9 Å². The van der Waals surface area contributed by atoms with Gasteiger partial charge in [-0.2, -0.15) is 0 Å². The molecule has 0 aliphatic heterocycles. The number of benzene rings is 3. The summed E-state index contributed by atoms with van der Waals surface area (Å²) < 4.78 is 33.7. The van der Waals surface area contributed by atoms with E-state index in [9.17, 15) is 13.2 Å². The molecule has 1 aromatic heterocycles. The number of hydrogen-bond acceptors (Lipinski definition) is 6. The Balaban J connectivity index is 1.58. The van der Waals surface area contributed by atoms with Gasteiger partial charge in [0.15, 0.2) is 11.7 Å². The summed E-state index contributed by atoms with van der Waals surface area (Å²) in [4.78, 5) is 16.4. The zero-order valence-corrected chi connectivity index (χ0v) is 17.2. The first-order chi connectivity index (χ1) is 14.5. The van der Waals surface area contributed by atoms with E-state index in [-0.39, 0.29) is 22.5 Å². The van der Waals surface area contributed by atoms with Crippen molar-refractivity contribution in [1.82, 2.24) is 4.98 Å². The van der Waals surface area contributed by atoms with E-state index in [2.05, 4.69) is 15.0 Å². The second-order valence-corrected chi connectivity index (χ2v) is 8.79. The average Bonchev–Trinajstić information content (AvgIpc) is 3.25. The van der Waals surface area contributed by atoms with Gasteiger partial charge in [0, 0.05) is 28.0 Å². The van der Waals surface area contributed by atoms with E-state index in [1.54, 1.807) is 47.8 Å². The zero-order valence-electron chi connectivity index (χ0n) is 15.6. The Labute approximate surface area is 177 Å². The van der Waals surface area contributed by atoms with Crippen LogP contribution in [0.5, 0.6) is 5.75 Å². The smallest absolute Gasteiger partial charge is 0.264 e. The molecule has 0 atom stereocenters. The molecule has 7 nitrogen and oxygen atoms in total. The maximum atomic E-state index is 12.9. The molecule has 0 aliphatic rings. The van der Waals surface area contributed by atoms with Gasteiger partial charge in [-0.3, -0.25) is 9.52 Å². The number of fused-ring (bicyclic) bond motifs is 1. The monoisotopic (exact) mass is 439 g/mol.